The van der Waals surface area contributed by atoms with E-state index >= 15 is 0 Å². The van der Waals surface area contributed by atoms with Crippen LogP contribution < -0.4 is 14.8 Å². The van der Waals surface area contributed by atoms with Crippen molar-refractivity contribution < 1.29 is 32.2 Å². The van der Waals surface area contributed by atoms with E-state index < -0.39 is 24.6 Å². The summed E-state index contributed by atoms with van der Waals surface area (Å²) >= 11 is 5.84. The van der Waals surface area contributed by atoms with Crippen LogP contribution >= 0.6 is 11.6 Å². The number of carbonyl (C=O) groups excluding carboxylic acids is 1. The summed E-state index contributed by atoms with van der Waals surface area (Å²) in [7, 11) is 1.39. The normalized spacial score (nSPS) is 15.8. The lowest BCUT2D eigenvalue weighted by atomic mass is 10.2. The Morgan fingerprint density at radius 3 is 2.85 bits per heavy atom. The van der Waals surface area contributed by atoms with Crippen molar-refractivity contribution in [1.82, 2.24) is 14.9 Å². The molecule has 1 saturated heterocycles. The number of hydrogen-bond acceptors (Lipinski definition) is 7. The molecule has 0 saturated carbocycles. The fourth-order valence-electron chi connectivity index (χ4n) is 3.44. The van der Waals surface area contributed by atoms with E-state index in [1.165, 1.54) is 42.6 Å². The third kappa shape index (κ3) is 5.04. The van der Waals surface area contributed by atoms with Crippen LogP contribution in [0.2, 0.25) is 5.02 Å². The lowest BCUT2D eigenvalue weighted by Gasteiger charge is -2.18. The van der Waals surface area contributed by atoms with Crippen molar-refractivity contribution in [2.75, 3.05) is 25.5 Å². The van der Waals surface area contributed by atoms with Crippen LogP contribution in [0, 0.1) is 5.82 Å². The number of rotatable bonds is 6. The topological polar surface area (TPSA) is 85.8 Å². The van der Waals surface area contributed by atoms with Crippen molar-refractivity contribution in [2.24, 2.45) is 0 Å². The summed E-state index contributed by atoms with van der Waals surface area (Å²) in [6.45, 7) is -2.74. The van der Waals surface area contributed by atoms with Crippen LogP contribution in [0.4, 0.5) is 29.5 Å². The van der Waals surface area contributed by atoms with Gasteiger partial charge in [-0.1, -0.05) is 17.7 Å². The molecule has 1 N–H and O–H groups in total. The van der Waals surface area contributed by atoms with E-state index in [1.807, 2.05) is 0 Å². The molecule has 1 atom stereocenters. The highest BCUT2D eigenvalue weighted by atomic mass is 35.5. The maximum Gasteiger partial charge on any atom is 0.415 e. The molecule has 0 radical (unpaired) electrons. The molecule has 8 nitrogen and oxygen atoms in total. The lowest BCUT2D eigenvalue weighted by Crippen LogP contribution is -2.33. The summed E-state index contributed by atoms with van der Waals surface area (Å²) in [4.78, 5) is 22.2. The molecule has 2 aromatic carbocycles. The zero-order valence-electron chi connectivity index (χ0n) is 17.2. The zero-order chi connectivity index (χ0) is 23.5. The minimum absolute atomic E-state index is 0.0248. The molecule has 4 rings (SSSR count). The Morgan fingerprint density at radius 2 is 2.09 bits per heavy atom. The van der Waals surface area contributed by atoms with Gasteiger partial charge in [-0.2, -0.15) is 8.78 Å². The molecule has 0 unspecified atom stereocenters. The first-order valence-corrected chi connectivity index (χ1v) is 10.2. The van der Waals surface area contributed by atoms with Gasteiger partial charge in [0.05, 0.1) is 36.0 Å². The monoisotopic (exact) mass is 482 g/mol. The van der Waals surface area contributed by atoms with Gasteiger partial charge in [0.15, 0.2) is 17.3 Å². The van der Waals surface area contributed by atoms with Gasteiger partial charge in [0.25, 0.3) is 0 Å². The van der Waals surface area contributed by atoms with Gasteiger partial charge in [-0.05, 0) is 24.6 Å². The number of amides is 1. The van der Waals surface area contributed by atoms with Crippen molar-refractivity contribution >= 4 is 40.1 Å². The molecular formula is C21H18ClF3N4O4. The number of aromatic nitrogens is 2. The van der Waals surface area contributed by atoms with Gasteiger partial charge in [0.2, 0.25) is 0 Å². The second kappa shape index (κ2) is 9.67. The summed E-state index contributed by atoms with van der Waals surface area (Å²) in [5.74, 6) is -0.139. The van der Waals surface area contributed by atoms with Crippen LogP contribution in [-0.4, -0.2) is 53.9 Å². The van der Waals surface area contributed by atoms with Crippen molar-refractivity contribution in [3.8, 4) is 11.5 Å². The largest absolute Gasteiger partial charge is 0.493 e. The van der Waals surface area contributed by atoms with Crippen LogP contribution in [0.15, 0.2) is 36.7 Å². The number of likely N-dealkylation sites (tertiary alicyclic amines) is 1. The van der Waals surface area contributed by atoms with Gasteiger partial charge in [-0.15, -0.1) is 0 Å². The number of nitrogens with zero attached hydrogens (tertiary/aromatic N) is 3. The molecule has 0 bridgehead atoms. The molecule has 1 aromatic heterocycles. The molecule has 1 aliphatic rings. The third-order valence-corrected chi connectivity index (χ3v) is 5.31. The molecule has 1 fully saturated rings. The minimum atomic E-state index is -2.91. The number of alkyl halides is 2. The van der Waals surface area contributed by atoms with Crippen molar-refractivity contribution in [2.45, 2.75) is 19.1 Å². The Kier molecular flexibility index (Phi) is 6.70. The molecule has 1 amide bonds. The van der Waals surface area contributed by atoms with Crippen LogP contribution in [-0.2, 0) is 4.74 Å². The van der Waals surface area contributed by atoms with E-state index in [0.29, 0.717) is 10.9 Å². The Labute approximate surface area is 191 Å². The molecule has 0 aliphatic carbocycles. The molecule has 33 heavy (non-hydrogen) atoms. The summed E-state index contributed by atoms with van der Waals surface area (Å²) in [5.41, 5.74) is 0.539. The maximum atomic E-state index is 14.4. The number of anilines is 2. The fourth-order valence-corrected chi connectivity index (χ4v) is 3.61. The van der Waals surface area contributed by atoms with Gasteiger partial charge in [-0.25, -0.2) is 19.2 Å². The summed E-state index contributed by atoms with van der Waals surface area (Å²) in [6, 6.07) is 7.49. The summed E-state index contributed by atoms with van der Waals surface area (Å²) in [5, 5.41) is 3.22. The van der Waals surface area contributed by atoms with Gasteiger partial charge < -0.3 is 24.4 Å². The fraction of sp³-hybridized carbons (Fsp3) is 0.286. The van der Waals surface area contributed by atoms with Crippen molar-refractivity contribution in [1.29, 1.82) is 0 Å². The number of ether oxygens (including phenoxy) is 3. The Balaban J connectivity index is 1.61. The number of carbonyl (C=O) groups is 1. The quantitative estimate of drug-likeness (QED) is 0.530. The molecule has 12 heteroatoms. The van der Waals surface area contributed by atoms with Crippen LogP contribution in [0.25, 0.3) is 10.9 Å². The van der Waals surface area contributed by atoms with Gasteiger partial charge in [0, 0.05) is 18.0 Å². The molecule has 174 valence electrons. The van der Waals surface area contributed by atoms with E-state index in [0.717, 1.165) is 0 Å². The van der Waals surface area contributed by atoms with E-state index in [9.17, 15) is 18.0 Å². The molecule has 2 heterocycles. The zero-order valence-corrected chi connectivity index (χ0v) is 18.0. The highest BCUT2D eigenvalue weighted by Crippen LogP contribution is 2.36. The SMILES string of the molecule is COc1cc2ncnc(Nc3cccc(Cl)c3F)c2cc1OC(=O)N1CC[C@H](OC(F)F)C1. The second-order valence-corrected chi connectivity index (χ2v) is 7.50. The predicted molar refractivity (Wildman–Crippen MR) is 114 cm³/mol. The van der Waals surface area contributed by atoms with E-state index in [-0.39, 0.29) is 47.5 Å². The smallest absolute Gasteiger partial charge is 0.415 e. The van der Waals surface area contributed by atoms with Gasteiger partial charge >= 0.3 is 12.7 Å². The van der Waals surface area contributed by atoms with E-state index in [1.54, 1.807) is 6.07 Å². The number of methoxy groups -OCH3 is 1. The summed E-state index contributed by atoms with van der Waals surface area (Å²) < 4.78 is 54.4. The summed E-state index contributed by atoms with van der Waals surface area (Å²) in [6.07, 6.45) is 0.0284. The molecular weight excluding hydrogens is 465 g/mol. The van der Waals surface area contributed by atoms with Crippen LogP contribution in [0.3, 0.4) is 0 Å². The number of fused-ring (bicyclic) bond motifs is 1. The first-order valence-electron chi connectivity index (χ1n) is 9.80. The van der Waals surface area contributed by atoms with Crippen LogP contribution in [0.1, 0.15) is 6.42 Å². The van der Waals surface area contributed by atoms with Gasteiger partial charge in [-0.3, -0.25) is 0 Å². The maximum absolute atomic E-state index is 14.4. The molecule has 1 aliphatic heterocycles. The first kappa shape index (κ1) is 22.9. The number of halogens is 4. The molecule has 3 aromatic rings. The second-order valence-electron chi connectivity index (χ2n) is 7.09. The van der Waals surface area contributed by atoms with Crippen LogP contribution in [0.5, 0.6) is 11.5 Å². The number of hydrogen-bond donors (Lipinski definition) is 1. The highest BCUT2D eigenvalue weighted by molar-refractivity contribution is 6.31. The predicted octanol–water partition coefficient (Wildman–Crippen LogP) is 4.99. The van der Waals surface area contributed by atoms with E-state index in [2.05, 4.69) is 20.0 Å². The first-order chi connectivity index (χ1) is 15.9. The number of nitrogens with one attached hydrogen (secondary N) is 1. The Bertz CT molecular complexity index is 1180. The third-order valence-electron chi connectivity index (χ3n) is 5.02. The number of benzene rings is 2. The van der Waals surface area contributed by atoms with Gasteiger partial charge in [0.1, 0.15) is 12.1 Å². The average Bonchev–Trinajstić information content (AvgIpc) is 3.24. The minimum Gasteiger partial charge on any atom is -0.493 e. The molecule has 0 spiro atoms. The van der Waals surface area contributed by atoms with Crippen molar-refractivity contribution in [3.63, 3.8) is 0 Å². The lowest BCUT2D eigenvalue weighted by molar-refractivity contribution is -0.158. The highest BCUT2D eigenvalue weighted by Gasteiger charge is 2.30. The van der Waals surface area contributed by atoms with E-state index in [4.69, 9.17) is 21.1 Å². The average molecular weight is 483 g/mol. The van der Waals surface area contributed by atoms with Crippen molar-refractivity contribution in [3.05, 3.63) is 47.5 Å². The Morgan fingerprint density at radius 1 is 1.27 bits per heavy atom. The standard InChI is InChI=1S/C21H18ClF3N4O4/c1-31-16-8-15-12(19(27-10-26-15)28-14-4-2-3-13(22)18(14)23)7-17(16)33-21(30)29-6-5-11(9-29)32-20(24)25/h2-4,7-8,10-11,20H,5-6,9H2,1H3,(H,26,27,28)/t11-/m0/s1. The Hall–Kier alpha value is -3.31.